The van der Waals surface area contributed by atoms with Gasteiger partial charge in [0.1, 0.15) is 17.4 Å². The van der Waals surface area contributed by atoms with E-state index in [1.54, 1.807) is 0 Å². The molecule has 0 unspecified atom stereocenters. The second kappa shape index (κ2) is 9.08. The number of hydrogen-bond acceptors (Lipinski definition) is 4. The van der Waals surface area contributed by atoms with Crippen LogP contribution in [0.2, 0.25) is 0 Å². The minimum Gasteiger partial charge on any atom is -0.505 e. The lowest BCUT2D eigenvalue weighted by Gasteiger charge is -2.23. The summed E-state index contributed by atoms with van der Waals surface area (Å²) in [5.41, 5.74) is -0.772. The maximum atomic E-state index is 14.2. The number of aromatic nitrogens is 1. The third-order valence-electron chi connectivity index (χ3n) is 4.30. The highest BCUT2D eigenvalue weighted by atomic mass is 19.1. The lowest BCUT2D eigenvalue weighted by Crippen LogP contribution is -2.40. The number of carboxylic acid groups (broad SMARTS) is 1. The van der Waals surface area contributed by atoms with Crippen molar-refractivity contribution in [2.24, 2.45) is 0 Å². The molecule has 10 heteroatoms. The Bertz CT molecular complexity index is 1200. The van der Waals surface area contributed by atoms with Gasteiger partial charge in [0, 0.05) is 24.4 Å². The predicted octanol–water partition coefficient (Wildman–Crippen LogP) is 3.35. The van der Waals surface area contributed by atoms with Gasteiger partial charge in [-0.15, -0.1) is 0 Å². The third-order valence-corrected chi connectivity index (χ3v) is 4.30. The number of hydrogen-bond donors (Lipinski definition) is 4. The van der Waals surface area contributed by atoms with Crippen molar-refractivity contribution in [3.8, 4) is 16.9 Å². The van der Waals surface area contributed by atoms with Crippen LogP contribution >= 0.6 is 0 Å². The molecule has 0 fully saturated rings. The van der Waals surface area contributed by atoms with Gasteiger partial charge in [-0.25, -0.2) is 13.6 Å². The number of amides is 2. The van der Waals surface area contributed by atoms with Gasteiger partial charge in [0.2, 0.25) is 0 Å². The van der Waals surface area contributed by atoms with Crippen LogP contribution in [0.1, 0.15) is 6.42 Å². The summed E-state index contributed by atoms with van der Waals surface area (Å²) in [7, 11) is 0. The van der Waals surface area contributed by atoms with Gasteiger partial charge in [-0.3, -0.25) is 14.5 Å². The summed E-state index contributed by atoms with van der Waals surface area (Å²) < 4.78 is 27.5. The molecule has 2 aromatic carbocycles. The summed E-state index contributed by atoms with van der Waals surface area (Å²) >= 11 is 0. The van der Waals surface area contributed by atoms with E-state index in [0.717, 1.165) is 17.0 Å². The largest absolute Gasteiger partial charge is 0.505 e. The molecule has 0 saturated heterocycles. The molecule has 0 aliphatic heterocycles. The quantitative estimate of drug-likeness (QED) is 0.479. The number of pyridine rings is 1. The molecule has 0 aliphatic carbocycles. The van der Waals surface area contributed by atoms with Crippen LogP contribution in [-0.4, -0.2) is 33.7 Å². The van der Waals surface area contributed by atoms with Gasteiger partial charge in [-0.2, -0.15) is 0 Å². The number of urea groups is 1. The third kappa shape index (κ3) is 4.86. The number of nitrogens with one attached hydrogen (secondary N) is 2. The molecular formula is C21H17F2N3O5. The van der Waals surface area contributed by atoms with Gasteiger partial charge in [0.05, 0.1) is 12.1 Å². The number of aliphatic carboxylic acids is 1. The van der Waals surface area contributed by atoms with Crippen LogP contribution in [0.15, 0.2) is 59.5 Å². The normalized spacial score (nSPS) is 10.5. The van der Waals surface area contributed by atoms with E-state index in [4.69, 9.17) is 5.11 Å². The fourth-order valence-corrected chi connectivity index (χ4v) is 2.92. The number of rotatable bonds is 6. The molecule has 1 aromatic heterocycles. The Kier molecular flexibility index (Phi) is 6.29. The molecule has 0 spiro atoms. The van der Waals surface area contributed by atoms with Crippen LogP contribution in [0.3, 0.4) is 0 Å². The second-order valence-electron chi connectivity index (χ2n) is 6.43. The van der Waals surface area contributed by atoms with E-state index in [0.29, 0.717) is 6.07 Å². The predicted molar refractivity (Wildman–Crippen MR) is 108 cm³/mol. The average Bonchev–Trinajstić information content (AvgIpc) is 2.70. The minimum absolute atomic E-state index is 0.0562. The molecule has 0 radical (unpaired) electrons. The first-order valence-corrected chi connectivity index (χ1v) is 9.04. The number of carboxylic acids is 1. The van der Waals surface area contributed by atoms with Gasteiger partial charge >= 0.3 is 12.0 Å². The zero-order valence-electron chi connectivity index (χ0n) is 15.9. The lowest BCUT2D eigenvalue weighted by atomic mass is 10.0. The number of halogens is 2. The first-order valence-electron chi connectivity index (χ1n) is 9.04. The van der Waals surface area contributed by atoms with E-state index in [1.807, 2.05) is 0 Å². The van der Waals surface area contributed by atoms with E-state index in [1.165, 1.54) is 36.5 Å². The van der Waals surface area contributed by atoms with E-state index in [2.05, 4.69) is 10.3 Å². The molecule has 8 nitrogen and oxygen atoms in total. The Morgan fingerprint density at radius 1 is 1.10 bits per heavy atom. The molecule has 160 valence electrons. The Balaban J connectivity index is 2.08. The second-order valence-corrected chi connectivity index (χ2v) is 6.43. The Morgan fingerprint density at radius 2 is 1.87 bits per heavy atom. The topological polar surface area (TPSA) is 123 Å². The molecule has 0 saturated carbocycles. The summed E-state index contributed by atoms with van der Waals surface area (Å²) in [6, 6.07) is 9.12. The van der Waals surface area contributed by atoms with Crippen molar-refractivity contribution in [1.29, 1.82) is 0 Å². The van der Waals surface area contributed by atoms with E-state index >= 15 is 0 Å². The van der Waals surface area contributed by atoms with Gasteiger partial charge in [0.15, 0.2) is 5.69 Å². The molecular weight excluding hydrogens is 412 g/mol. The zero-order chi connectivity index (χ0) is 22.5. The van der Waals surface area contributed by atoms with Crippen LogP contribution in [0.4, 0.5) is 25.0 Å². The number of carbonyl (C=O) groups excluding carboxylic acids is 1. The SMILES string of the molecule is O=C(O)CCNC(=O)N(c1cccc(-c2ccc(F)cc2F)c1)c1c(O)cc[nH]c1=O. The van der Waals surface area contributed by atoms with Crippen molar-refractivity contribution in [2.75, 3.05) is 11.4 Å². The van der Waals surface area contributed by atoms with Gasteiger partial charge in [0.25, 0.3) is 5.56 Å². The van der Waals surface area contributed by atoms with Crippen LogP contribution in [0, 0.1) is 11.6 Å². The fraction of sp³-hybridized carbons (Fsp3) is 0.0952. The van der Waals surface area contributed by atoms with Crippen molar-refractivity contribution >= 4 is 23.4 Å². The summed E-state index contributed by atoms with van der Waals surface area (Å²) in [5, 5.41) is 21.3. The van der Waals surface area contributed by atoms with Gasteiger partial charge in [-0.05, 0) is 35.9 Å². The van der Waals surface area contributed by atoms with Crippen molar-refractivity contribution in [2.45, 2.75) is 6.42 Å². The first-order chi connectivity index (χ1) is 14.8. The van der Waals surface area contributed by atoms with Gasteiger partial charge in [-0.1, -0.05) is 12.1 Å². The van der Waals surface area contributed by atoms with Crippen LogP contribution in [0.5, 0.6) is 5.75 Å². The molecule has 3 aromatic rings. The molecule has 0 bridgehead atoms. The van der Waals surface area contributed by atoms with Gasteiger partial charge < -0.3 is 20.5 Å². The summed E-state index contributed by atoms with van der Waals surface area (Å²) in [6.07, 6.45) is 0.823. The first kappa shape index (κ1) is 21.5. The van der Waals surface area contributed by atoms with Crippen molar-refractivity contribution < 1.29 is 28.6 Å². The van der Waals surface area contributed by atoms with Crippen molar-refractivity contribution in [3.63, 3.8) is 0 Å². The molecule has 1 heterocycles. The number of aromatic hydroxyl groups is 1. The van der Waals surface area contributed by atoms with Crippen molar-refractivity contribution in [1.82, 2.24) is 10.3 Å². The minimum atomic E-state index is -1.14. The Hall–Kier alpha value is -4.21. The highest BCUT2D eigenvalue weighted by Gasteiger charge is 2.24. The van der Waals surface area contributed by atoms with E-state index < -0.39 is 40.6 Å². The number of benzene rings is 2. The molecule has 2 amide bonds. The molecule has 4 N–H and O–H groups in total. The zero-order valence-corrected chi connectivity index (χ0v) is 15.9. The summed E-state index contributed by atoms with van der Waals surface area (Å²) in [5.74, 6) is -3.22. The summed E-state index contributed by atoms with van der Waals surface area (Å²) in [6.45, 7) is -0.234. The van der Waals surface area contributed by atoms with E-state index in [-0.39, 0.29) is 29.8 Å². The number of carbonyl (C=O) groups is 2. The molecule has 0 aliphatic rings. The highest BCUT2D eigenvalue weighted by molar-refractivity contribution is 6.01. The number of anilines is 2. The Labute approximate surface area is 174 Å². The summed E-state index contributed by atoms with van der Waals surface area (Å²) in [4.78, 5) is 39.1. The molecule has 3 rings (SSSR count). The maximum absolute atomic E-state index is 14.2. The maximum Gasteiger partial charge on any atom is 0.326 e. The lowest BCUT2D eigenvalue weighted by molar-refractivity contribution is -0.136. The van der Waals surface area contributed by atoms with Crippen LogP contribution in [0.25, 0.3) is 11.1 Å². The van der Waals surface area contributed by atoms with E-state index in [9.17, 15) is 28.3 Å². The number of H-pyrrole nitrogens is 1. The monoisotopic (exact) mass is 429 g/mol. The fourth-order valence-electron chi connectivity index (χ4n) is 2.92. The highest BCUT2D eigenvalue weighted by Crippen LogP contribution is 2.33. The Morgan fingerprint density at radius 3 is 2.55 bits per heavy atom. The van der Waals surface area contributed by atoms with Crippen LogP contribution in [-0.2, 0) is 4.79 Å². The number of nitrogens with zero attached hydrogens (tertiary/aromatic N) is 1. The standard InChI is InChI=1S/C21H17F2N3O5/c22-13-4-5-15(16(23)11-13)12-2-1-3-14(10-12)26(21(31)25-9-7-18(28)29)19-17(27)6-8-24-20(19)30/h1-6,8,10-11H,7,9H2,(H,25,31)(H,28,29)(H2,24,27,30). The number of aromatic amines is 1. The van der Waals surface area contributed by atoms with Crippen LogP contribution < -0.4 is 15.8 Å². The molecule has 31 heavy (non-hydrogen) atoms. The molecule has 0 atom stereocenters. The smallest absolute Gasteiger partial charge is 0.326 e. The van der Waals surface area contributed by atoms with Crippen molar-refractivity contribution in [3.05, 3.63) is 76.7 Å². The average molecular weight is 429 g/mol.